The van der Waals surface area contributed by atoms with Gasteiger partial charge in [-0.3, -0.25) is 19.9 Å². The monoisotopic (exact) mass is 544 g/mol. The number of carbonyl (C=O) groups is 2. The van der Waals surface area contributed by atoms with Crippen LogP contribution >= 0.6 is 0 Å². The van der Waals surface area contributed by atoms with E-state index in [1.807, 2.05) is 31.2 Å². The second kappa shape index (κ2) is 9.66. The molecule has 40 heavy (non-hydrogen) atoms. The fraction of sp³-hybridized carbons (Fsp3) is 0.452. The fourth-order valence-corrected chi connectivity index (χ4v) is 6.39. The van der Waals surface area contributed by atoms with E-state index in [0.717, 1.165) is 11.1 Å². The predicted molar refractivity (Wildman–Crippen MR) is 150 cm³/mol. The number of fused-ring (bicyclic) bond motifs is 5. The summed E-state index contributed by atoms with van der Waals surface area (Å²) >= 11 is 0. The van der Waals surface area contributed by atoms with E-state index in [1.54, 1.807) is 32.0 Å². The number of aliphatic hydroxyl groups is 1. The lowest BCUT2D eigenvalue weighted by Gasteiger charge is -2.46. The van der Waals surface area contributed by atoms with Crippen molar-refractivity contribution in [2.24, 2.45) is 0 Å². The molecule has 1 fully saturated rings. The van der Waals surface area contributed by atoms with Crippen molar-refractivity contribution >= 4 is 23.8 Å². The summed E-state index contributed by atoms with van der Waals surface area (Å²) < 4.78 is 12.0. The molecular weight excluding hydrogens is 508 g/mol. The standard InChI is InChI=1S/C31H36N4O5/c1-4-31-13-6-5-7-18-8-10-24-21(15-18)26(27(37)30(2,3)40-24)33-28(38)19-9-11-23-20(16-19)22(12-14-39-23)35(25(36)17-31)29(32)34-31/h5,7-11,15-16,22,26-27,37H,4,6,12-14,17H2,1-3H3,(H2,32,34)(H,33,38)/b7-5+/t22-,26-,27+,31-/m1/s1. The van der Waals surface area contributed by atoms with Crippen LogP contribution in [0, 0.1) is 5.41 Å². The number of allylic oxidation sites excluding steroid dienone is 1. The van der Waals surface area contributed by atoms with Crippen molar-refractivity contribution in [3.8, 4) is 11.5 Å². The molecule has 1 saturated heterocycles. The van der Waals surface area contributed by atoms with Crippen LogP contribution in [0.5, 0.6) is 11.5 Å². The lowest BCUT2D eigenvalue weighted by Crippen LogP contribution is -2.63. The SMILES string of the molecule is CC[C@]12CC/C=C/c3ccc4c(c3)[C@@H](NC(=O)c3ccc5c(c3)[C@@H](CCO5)N(C(=N)N1)C(=O)C2)[C@H](O)C(C)(C)O4. The molecule has 2 aromatic rings. The Kier molecular flexibility index (Phi) is 6.37. The molecule has 0 aliphatic carbocycles. The molecule has 0 spiro atoms. The van der Waals surface area contributed by atoms with Gasteiger partial charge in [0.2, 0.25) is 5.91 Å². The summed E-state index contributed by atoms with van der Waals surface area (Å²) in [7, 11) is 0. The number of carbonyl (C=O) groups excluding carboxylic acids is 2. The molecule has 5 aliphatic heterocycles. The first kappa shape index (κ1) is 26.4. The minimum atomic E-state index is -0.988. The highest BCUT2D eigenvalue weighted by molar-refractivity contribution is 6.00. The maximum atomic E-state index is 13.7. The lowest BCUT2D eigenvalue weighted by molar-refractivity contribution is -0.133. The third kappa shape index (κ3) is 4.42. The zero-order valence-corrected chi connectivity index (χ0v) is 23.1. The molecule has 6 bridgehead atoms. The van der Waals surface area contributed by atoms with Crippen LogP contribution in [-0.4, -0.2) is 51.6 Å². The van der Waals surface area contributed by atoms with E-state index in [-0.39, 0.29) is 24.2 Å². The summed E-state index contributed by atoms with van der Waals surface area (Å²) in [5, 5.41) is 26.6. The van der Waals surface area contributed by atoms with Crippen molar-refractivity contribution < 1.29 is 24.2 Å². The Morgan fingerprint density at radius 2 is 1.93 bits per heavy atom. The second-order valence-corrected chi connectivity index (χ2v) is 11.8. The summed E-state index contributed by atoms with van der Waals surface area (Å²) in [4.78, 5) is 28.8. The van der Waals surface area contributed by atoms with Crippen LogP contribution in [0.3, 0.4) is 0 Å². The molecule has 210 valence electrons. The molecule has 5 heterocycles. The van der Waals surface area contributed by atoms with Crippen molar-refractivity contribution in [2.45, 2.75) is 82.2 Å². The highest BCUT2D eigenvalue weighted by atomic mass is 16.5. The minimum absolute atomic E-state index is 0.0868. The highest BCUT2D eigenvalue weighted by Gasteiger charge is 2.45. The summed E-state index contributed by atoms with van der Waals surface area (Å²) in [6.45, 7) is 6.07. The number of hydrogen-bond donors (Lipinski definition) is 4. The first-order valence-electron chi connectivity index (χ1n) is 14.0. The Labute approximate surface area is 234 Å². The molecular formula is C31H36N4O5. The average Bonchev–Trinajstić information content (AvgIpc) is 2.92. The number of nitrogens with zero attached hydrogens (tertiary/aromatic N) is 1. The van der Waals surface area contributed by atoms with Gasteiger partial charge in [-0.05, 0) is 69.0 Å². The van der Waals surface area contributed by atoms with Crippen molar-refractivity contribution in [1.29, 1.82) is 5.41 Å². The van der Waals surface area contributed by atoms with Crippen molar-refractivity contribution in [3.05, 3.63) is 64.7 Å². The van der Waals surface area contributed by atoms with Crippen molar-refractivity contribution in [1.82, 2.24) is 15.5 Å². The molecule has 0 radical (unpaired) electrons. The molecule has 2 amide bonds. The topological polar surface area (TPSA) is 124 Å². The van der Waals surface area contributed by atoms with Gasteiger partial charge in [-0.2, -0.15) is 0 Å². The zero-order chi connectivity index (χ0) is 28.2. The number of amides is 2. The number of aliphatic hydroxyl groups excluding tert-OH is 1. The maximum Gasteiger partial charge on any atom is 0.251 e. The van der Waals surface area contributed by atoms with Gasteiger partial charge in [0, 0.05) is 28.7 Å². The Balaban J connectivity index is 1.46. The average molecular weight is 545 g/mol. The van der Waals surface area contributed by atoms with E-state index in [0.29, 0.717) is 54.9 Å². The Hall–Kier alpha value is -3.85. The number of benzene rings is 2. The van der Waals surface area contributed by atoms with E-state index in [9.17, 15) is 14.7 Å². The molecule has 0 unspecified atom stereocenters. The molecule has 5 aliphatic rings. The van der Waals surface area contributed by atoms with E-state index < -0.39 is 29.3 Å². The van der Waals surface area contributed by atoms with E-state index >= 15 is 0 Å². The van der Waals surface area contributed by atoms with Crippen LogP contribution < -0.4 is 20.1 Å². The number of guanidine groups is 1. The molecule has 4 N–H and O–H groups in total. The first-order valence-corrected chi connectivity index (χ1v) is 14.0. The van der Waals surface area contributed by atoms with Gasteiger partial charge < -0.3 is 25.2 Å². The van der Waals surface area contributed by atoms with Gasteiger partial charge >= 0.3 is 0 Å². The molecule has 9 nitrogen and oxygen atoms in total. The second-order valence-electron chi connectivity index (χ2n) is 11.8. The van der Waals surface area contributed by atoms with Crippen LogP contribution in [0.15, 0.2) is 42.5 Å². The molecule has 0 aromatic heterocycles. The zero-order valence-electron chi connectivity index (χ0n) is 23.1. The first-order chi connectivity index (χ1) is 19.1. The molecule has 9 heteroatoms. The normalized spacial score (nSPS) is 29.8. The third-order valence-corrected chi connectivity index (χ3v) is 8.81. The Bertz CT molecular complexity index is 1400. The Morgan fingerprint density at radius 1 is 1.12 bits per heavy atom. The van der Waals surface area contributed by atoms with Gasteiger partial charge in [0.05, 0.1) is 25.1 Å². The molecule has 4 atom stereocenters. The van der Waals surface area contributed by atoms with E-state index in [1.165, 1.54) is 4.90 Å². The van der Waals surface area contributed by atoms with Gasteiger partial charge in [-0.15, -0.1) is 0 Å². The number of nitrogens with one attached hydrogen (secondary N) is 3. The van der Waals surface area contributed by atoms with Gasteiger partial charge in [-0.25, -0.2) is 0 Å². The summed E-state index contributed by atoms with van der Waals surface area (Å²) in [6.07, 6.45) is 6.02. The van der Waals surface area contributed by atoms with Crippen molar-refractivity contribution in [2.75, 3.05) is 6.61 Å². The van der Waals surface area contributed by atoms with Gasteiger partial charge in [0.15, 0.2) is 5.96 Å². The summed E-state index contributed by atoms with van der Waals surface area (Å²) in [6, 6.07) is 9.85. The smallest absolute Gasteiger partial charge is 0.251 e. The van der Waals surface area contributed by atoms with Crippen LogP contribution in [-0.2, 0) is 4.79 Å². The van der Waals surface area contributed by atoms with Crippen molar-refractivity contribution in [3.63, 3.8) is 0 Å². The molecule has 7 rings (SSSR count). The lowest BCUT2D eigenvalue weighted by atomic mass is 9.83. The number of hydrogen-bond acceptors (Lipinski definition) is 6. The van der Waals surface area contributed by atoms with Gasteiger partial charge in [0.1, 0.15) is 23.2 Å². The fourth-order valence-electron chi connectivity index (χ4n) is 6.39. The number of ether oxygens (including phenoxy) is 2. The van der Waals surface area contributed by atoms with Crippen LogP contribution in [0.1, 0.15) is 92.0 Å². The quantitative estimate of drug-likeness (QED) is 0.426. The number of rotatable bonds is 1. The van der Waals surface area contributed by atoms with Crippen LogP contribution in [0.25, 0.3) is 6.08 Å². The summed E-state index contributed by atoms with van der Waals surface area (Å²) in [5.74, 6) is 0.856. The predicted octanol–water partition coefficient (Wildman–Crippen LogP) is 4.23. The Morgan fingerprint density at radius 3 is 2.70 bits per heavy atom. The summed E-state index contributed by atoms with van der Waals surface area (Å²) in [5.41, 5.74) is 1.31. The molecule has 0 saturated carbocycles. The molecule has 2 aromatic carbocycles. The van der Waals surface area contributed by atoms with Gasteiger partial charge in [-0.1, -0.05) is 25.1 Å². The largest absolute Gasteiger partial charge is 0.493 e. The van der Waals surface area contributed by atoms with E-state index in [2.05, 4.69) is 16.7 Å². The van der Waals surface area contributed by atoms with Crippen LogP contribution in [0.2, 0.25) is 0 Å². The minimum Gasteiger partial charge on any atom is -0.493 e. The maximum absolute atomic E-state index is 13.7. The van der Waals surface area contributed by atoms with E-state index in [4.69, 9.17) is 14.9 Å². The van der Waals surface area contributed by atoms with Gasteiger partial charge in [0.25, 0.3) is 5.91 Å². The van der Waals surface area contributed by atoms with Crippen LogP contribution in [0.4, 0.5) is 0 Å². The highest BCUT2D eigenvalue weighted by Crippen LogP contribution is 2.42. The third-order valence-electron chi connectivity index (χ3n) is 8.81.